The number of benzene rings is 1. The molecule has 3 N–H and O–H groups in total. The van der Waals surface area contributed by atoms with Crippen molar-refractivity contribution in [1.29, 1.82) is 0 Å². The molecule has 0 amide bonds. The zero-order valence-electron chi connectivity index (χ0n) is 9.94. The second kappa shape index (κ2) is 4.74. The van der Waals surface area contributed by atoms with Crippen molar-refractivity contribution >= 4 is 21.7 Å². The molecular formula is C13H15BrN4. The monoisotopic (exact) mass is 306 g/mol. The molecule has 1 atom stereocenters. The van der Waals surface area contributed by atoms with Crippen molar-refractivity contribution in [2.75, 3.05) is 18.0 Å². The summed E-state index contributed by atoms with van der Waals surface area (Å²) in [6.45, 7) is 1.88. The normalized spacial score (nSPS) is 19.4. The number of anilines is 1. The molecule has 1 unspecified atom stereocenters. The van der Waals surface area contributed by atoms with Gasteiger partial charge in [-0.2, -0.15) is 5.10 Å². The van der Waals surface area contributed by atoms with E-state index in [-0.39, 0.29) is 6.04 Å². The topological polar surface area (TPSA) is 57.9 Å². The van der Waals surface area contributed by atoms with E-state index in [2.05, 4.69) is 49.2 Å². The number of aromatic amines is 1. The lowest BCUT2D eigenvalue weighted by atomic mass is 10.1. The third-order valence-corrected chi connectivity index (χ3v) is 3.74. The molecule has 0 radical (unpaired) electrons. The molecule has 4 nitrogen and oxygen atoms in total. The molecule has 5 heteroatoms. The van der Waals surface area contributed by atoms with Gasteiger partial charge in [-0.1, -0.05) is 28.1 Å². The first-order valence-corrected chi connectivity index (χ1v) is 6.83. The van der Waals surface area contributed by atoms with Gasteiger partial charge in [0.05, 0.1) is 5.69 Å². The quantitative estimate of drug-likeness (QED) is 0.895. The van der Waals surface area contributed by atoms with E-state index < -0.39 is 0 Å². The zero-order chi connectivity index (χ0) is 12.5. The van der Waals surface area contributed by atoms with E-state index in [9.17, 15) is 0 Å². The van der Waals surface area contributed by atoms with Crippen molar-refractivity contribution in [3.63, 3.8) is 0 Å². The van der Waals surface area contributed by atoms with E-state index in [4.69, 9.17) is 5.73 Å². The molecular weight excluding hydrogens is 292 g/mol. The summed E-state index contributed by atoms with van der Waals surface area (Å²) in [6.07, 6.45) is 1.04. The lowest BCUT2D eigenvalue weighted by molar-refractivity contribution is 0.751. The van der Waals surface area contributed by atoms with Gasteiger partial charge in [0.1, 0.15) is 0 Å². The number of hydrogen-bond acceptors (Lipinski definition) is 3. The summed E-state index contributed by atoms with van der Waals surface area (Å²) >= 11 is 3.48. The fourth-order valence-corrected chi connectivity index (χ4v) is 2.67. The molecule has 1 fully saturated rings. The Labute approximate surface area is 114 Å². The average Bonchev–Trinajstić information content (AvgIpc) is 2.97. The molecule has 18 heavy (non-hydrogen) atoms. The molecule has 94 valence electrons. The van der Waals surface area contributed by atoms with Crippen molar-refractivity contribution in [2.45, 2.75) is 12.5 Å². The first-order chi connectivity index (χ1) is 8.72. The van der Waals surface area contributed by atoms with Gasteiger partial charge in [0.15, 0.2) is 5.82 Å². The summed E-state index contributed by atoms with van der Waals surface area (Å²) in [5, 5.41) is 7.46. The van der Waals surface area contributed by atoms with Crippen LogP contribution in [0.3, 0.4) is 0 Å². The molecule has 1 saturated heterocycles. The van der Waals surface area contributed by atoms with E-state index in [0.29, 0.717) is 0 Å². The van der Waals surface area contributed by atoms with Crippen LogP contribution in [0.5, 0.6) is 0 Å². The Morgan fingerprint density at radius 1 is 1.39 bits per heavy atom. The van der Waals surface area contributed by atoms with Crippen LogP contribution in [0, 0.1) is 0 Å². The number of nitrogens with two attached hydrogens (primary N) is 1. The number of H-pyrrole nitrogens is 1. The number of halogens is 1. The van der Waals surface area contributed by atoms with E-state index in [1.165, 1.54) is 0 Å². The van der Waals surface area contributed by atoms with Crippen molar-refractivity contribution in [2.24, 2.45) is 5.73 Å². The fourth-order valence-electron chi connectivity index (χ4n) is 2.27. The Morgan fingerprint density at radius 2 is 2.28 bits per heavy atom. The minimum atomic E-state index is 0.274. The summed E-state index contributed by atoms with van der Waals surface area (Å²) in [7, 11) is 0. The van der Waals surface area contributed by atoms with Crippen LogP contribution in [0.25, 0.3) is 11.3 Å². The number of nitrogens with zero attached hydrogens (tertiary/aromatic N) is 2. The Morgan fingerprint density at radius 3 is 3.00 bits per heavy atom. The zero-order valence-corrected chi connectivity index (χ0v) is 11.5. The molecule has 0 spiro atoms. The largest absolute Gasteiger partial charge is 0.354 e. The van der Waals surface area contributed by atoms with Crippen LogP contribution in [0.15, 0.2) is 34.8 Å². The van der Waals surface area contributed by atoms with Crippen LogP contribution < -0.4 is 10.6 Å². The van der Waals surface area contributed by atoms with Crippen LogP contribution in [0.2, 0.25) is 0 Å². The maximum atomic E-state index is 5.91. The average molecular weight is 307 g/mol. The van der Waals surface area contributed by atoms with Crippen LogP contribution >= 0.6 is 15.9 Å². The number of hydrogen-bond donors (Lipinski definition) is 2. The second-order valence-corrected chi connectivity index (χ2v) is 5.56. The summed E-state index contributed by atoms with van der Waals surface area (Å²) in [5.41, 5.74) is 8.08. The maximum Gasteiger partial charge on any atom is 0.151 e. The highest BCUT2D eigenvalue weighted by Crippen LogP contribution is 2.25. The third kappa shape index (κ3) is 2.28. The molecule has 1 aliphatic heterocycles. The standard InChI is InChI=1S/C13H15BrN4/c14-10-3-1-2-9(6-10)12-7-13(17-16-12)18-5-4-11(15)8-18/h1-3,6-7,11H,4-5,8,15H2,(H,16,17). The van der Waals surface area contributed by atoms with Gasteiger partial charge in [-0.3, -0.25) is 5.10 Å². The van der Waals surface area contributed by atoms with Gasteiger partial charge in [0.2, 0.25) is 0 Å². The fraction of sp³-hybridized carbons (Fsp3) is 0.308. The highest BCUT2D eigenvalue weighted by molar-refractivity contribution is 9.10. The highest BCUT2D eigenvalue weighted by Gasteiger charge is 2.21. The van der Waals surface area contributed by atoms with E-state index >= 15 is 0 Å². The first-order valence-electron chi connectivity index (χ1n) is 6.04. The second-order valence-electron chi connectivity index (χ2n) is 4.64. The number of aromatic nitrogens is 2. The van der Waals surface area contributed by atoms with Crippen LogP contribution in [-0.2, 0) is 0 Å². The highest BCUT2D eigenvalue weighted by atomic mass is 79.9. The lowest BCUT2D eigenvalue weighted by Gasteiger charge is -2.13. The molecule has 1 aliphatic rings. The lowest BCUT2D eigenvalue weighted by Crippen LogP contribution is -2.26. The molecule has 3 rings (SSSR count). The van der Waals surface area contributed by atoms with Crippen molar-refractivity contribution in [3.8, 4) is 11.3 Å². The van der Waals surface area contributed by atoms with Gasteiger partial charge >= 0.3 is 0 Å². The van der Waals surface area contributed by atoms with Crippen molar-refractivity contribution in [1.82, 2.24) is 10.2 Å². The molecule has 0 bridgehead atoms. The number of rotatable bonds is 2. The van der Waals surface area contributed by atoms with Gasteiger partial charge in [-0.25, -0.2) is 0 Å². The van der Waals surface area contributed by atoms with Gasteiger partial charge in [0.25, 0.3) is 0 Å². The van der Waals surface area contributed by atoms with Crippen molar-refractivity contribution < 1.29 is 0 Å². The van der Waals surface area contributed by atoms with Gasteiger partial charge in [-0.05, 0) is 18.6 Å². The summed E-state index contributed by atoms with van der Waals surface area (Å²) < 4.78 is 1.07. The summed E-state index contributed by atoms with van der Waals surface area (Å²) in [6, 6.07) is 10.5. The molecule has 2 heterocycles. The van der Waals surface area contributed by atoms with E-state index in [1.807, 2.05) is 12.1 Å². The Balaban J connectivity index is 1.85. The molecule has 1 aromatic carbocycles. The third-order valence-electron chi connectivity index (χ3n) is 3.25. The first kappa shape index (κ1) is 11.7. The Bertz CT molecular complexity index is 551. The molecule has 0 aliphatic carbocycles. The van der Waals surface area contributed by atoms with E-state index in [1.54, 1.807) is 0 Å². The smallest absolute Gasteiger partial charge is 0.151 e. The van der Waals surface area contributed by atoms with E-state index in [0.717, 1.165) is 41.1 Å². The molecule has 0 saturated carbocycles. The number of nitrogens with one attached hydrogen (secondary N) is 1. The van der Waals surface area contributed by atoms with Gasteiger partial charge in [-0.15, -0.1) is 0 Å². The van der Waals surface area contributed by atoms with Crippen LogP contribution in [-0.4, -0.2) is 29.3 Å². The Hall–Kier alpha value is -1.33. The van der Waals surface area contributed by atoms with Crippen molar-refractivity contribution in [3.05, 3.63) is 34.8 Å². The van der Waals surface area contributed by atoms with Crippen LogP contribution in [0.4, 0.5) is 5.82 Å². The van der Waals surface area contributed by atoms with Crippen LogP contribution in [0.1, 0.15) is 6.42 Å². The minimum absolute atomic E-state index is 0.274. The SMILES string of the molecule is NC1CCN(c2cc(-c3cccc(Br)c3)[nH]n2)C1. The summed E-state index contributed by atoms with van der Waals surface area (Å²) in [4.78, 5) is 2.22. The summed E-state index contributed by atoms with van der Waals surface area (Å²) in [5.74, 6) is 0.984. The minimum Gasteiger partial charge on any atom is -0.354 e. The molecule has 2 aromatic rings. The predicted octanol–water partition coefficient (Wildman–Crippen LogP) is 2.38. The molecule has 1 aromatic heterocycles. The van der Waals surface area contributed by atoms with Gasteiger partial charge < -0.3 is 10.6 Å². The maximum absolute atomic E-state index is 5.91. The van der Waals surface area contributed by atoms with Gasteiger partial charge in [0, 0.05) is 35.2 Å². The predicted molar refractivity (Wildman–Crippen MR) is 76.5 cm³/mol. The Kier molecular flexibility index (Phi) is 3.09.